The number of anilines is 2. The summed E-state index contributed by atoms with van der Waals surface area (Å²) in [5.74, 6) is 0.483. The van der Waals surface area contributed by atoms with Gasteiger partial charge >= 0.3 is 5.69 Å². The lowest BCUT2D eigenvalue weighted by Crippen LogP contribution is -2.31. The summed E-state index contributed by atoms with van der Waals surface area (Å²) in [5, 5.41) is 14.6. The summed E-state index contributed by atoms with van der Waals surface area (Å²) in [6.07, 6.45) is 3.16. The molecule has 0 saturated carbocycles. The Labute approximate surface area is 183 Å². The number of carbonyl (C=O) groups is 1. The standard InChI is InChI=1S/C20H21N7O5/c1-31-15-7-6-13(11-16(15)32-2)8-10-22-18-17(27(29)30)19(24-12-23-18)25-26-20(28)14-5-3-4-9-21-14/h3-7,9,11-12H,8,10H2,1-2H3,(H,26,28)(H2,22,23,24,25). The van der Waals surface area contributed by atoms with E-state index in [0.717, 1.165) is 11.9 Å². The van der Waals surface area contributed by atoms with Crippen molar-refractivity contribution in [3.05, 3.63) is 70.3 Å². The fraction of sp³-hybridized carbons (Fsp3) is 0.200. The number of pyridine rings is 1. The van der Waals surface area contributed by atoms with Crippen LogP contribution in [0.3, 0.4) is 0 Å². The molecule has 2 heterocycles. The van der Waals surface area contributed by atoms with E-state index in [1.807, 2.05) is 12.1 Å². The van der Waals surface area contributed by atoms with Crippen molar-refractivity contribution in [2.45, 2.75) is 6.42 Å². The topological polar surface area (TPSA) is 153 Å². The van der Waals surface area contributed by atoms with Crippen LogP contribution in [0.5, 0.6) is 11.5 Å². The molecule has 0 bridgehead atoms. The van der Waals surface area contributed by atoms with E-state index in [1.54, 1.807) is 32.4 Å². The average molecular weight is 439 g/mol. The number of nitrogens with one attached hydrogen (secondary N) is 3. The van der Waals surface area contributed by atoms with E-state index in [1.165, 1.54) is 12.3 Å². The lowest BCUT2D eigenvalue weighted by molar-refractivity contribution is -0.383. The van der Waals surface area contributed by atoms with Gasteiger partial charge in [0.15, 0.2) is 11.5 Å². The number of nitrogens with zero attached hydrogens (tertiary/aromatic N) is 4. The number of benzene rings is 1. The van der Waals surface area contributed by atoms with E-state index >= 15 is 0 Å². The molecular weight excluding hydrogens is 418 g/mol. The molecule has 0 aliphatic rings. The molecule has 0 fully saturated rings. The minimum Gasteiger partial charge on any atom is -0.493 e. The molecule has 0 atom stereocenters. The van der Waals surface area contributed by atoms with Crippen molar-refractivity contribution in [1.82, 2.24) is 20.4 Å². The predicted molar refractivity (Wildman–Crippen MR) is 116 cm³/mol. The van der Waals surface area contributed by atoms with Crippen LogP contribution in [-0.4, -0.2) is 46.5 Å². The van der Waals surface area contributed by atoms with Gasteiger partial charge in [0.2, 0.25) is 11.6 Å². The zero-order valence-electron chi connectivity index (χ0n) is 17.4. The van der Waals surface area contributed by atoms with Crippen LogP contribution < -0.4 is 25.6 Å². The maximum absolute atomic E-state index is 12.1. The van der Waals surface area contributed by atoms with Gasteiger partial charge in [-0.1, -0.05) is 12.1 Å². The van der Waals surface area contributed by atoms with Gasteiger partial charge in [-0.3, -0.25) is 30.7 Å². The first kappa shape index (κ1) is 22.2. The summed E-state index contributed by atoms with van der Waals surface area (Å²) in [6, 6.07) is 10.3. The van der Waals surface area contributed by atoms with Crippen LogP contribution >= 0.6 is 0 Å². The highest BCUT2D eigenvalue weighted by atomic mass is 16.6. The third kappa shape index (κ3) is 5.36. The first-order valence-corrected chi connectivity index (χ1v) is 9.45. The van der Waals surface area contributed by atoms with Crippen LogP contribution in [0.15, 0.2) is 48.9 Å². The fourth-order valence-corrected chi connectivity index (χ4v) is 2.81. The first-order valence-electron chi connectivity index (χ1n) is 9.45. The van der Waals surface area contributed by atoms with Crippen molar-refractivity contribution in [2.75, 3.05) is 31.5 Å². The monoisotopic (exact) mass is 439 g/mol. The van der Waals surface area contributed by atoms with Crippen molar-refractivity contribution in [2.24, 2.45) is 0 Å². The zero-order chi connectivity index (χ0) is 22.9. The predicted octanol–water partition coefficient (Wildman–Crippen LogP) is 2.21. The largest absolute Gasteiger partial charge is 0.493 e. The number of hydrogen-bond acceptors (Lipinski definition) is 10. The smallest absolute Gasteiger partial charge is 0.354 e. The number of carbonyl (C=O) groups excluding carboxylic acids is 1. The molecule has 0 radical (unpaired) electrons. The van der Waals surface area contributed by atoms with Crippen LogP contribution in [0.4, 0.5) is 17.3 Å². The highest BCUT2D eigenvalue weighted by Crippen LogP contribution is 2.29. The summed E-state index contributed by atoms with van der Waals surface area (Å²) in [7, 11) is 3.10. The van der Waals surface area contributed by atoms with Gasteiger partial charge in [0, 0.05) is 12.7 Å². The molecule has 0 aliphatic carbocycles. The molecule has 3 N–H and O–H groups in total. The van der Waals surface area contributed by atoms with Crippen molar-refractivity contribution < 1.29 is 19.2 Å². The summed E-state index contributed by atoms with van der Waals surface area (Å²) in [5.41, 5.74) is 5.49. The Balaban J connectivity index is 1.68. The SMILES string of the molecule is COc1ccc(CCNc2ncnc(NNC(=O)c3ccccn3)c2[N+](=O)[O-])cc1OC. The number of amides is 1. The molecule has 2 aromatic heterocycles. The minimum atomic E-state index is -0.631. The Hall–Kier alpha value is -4.48. The van der Waals surface area contributed by atoms with Gasteiger partial charge in [-0.05, 0) is 36.2 Å². The molecule has 32 heavy (non-hydrogen) atoms. The maximum atomic E-state index is 12.1. The molecule has 0 unspecified atom stereocenters. The van der Waals surface area contributed by atoms with Crippen molar-refractivity contribution in [3.63, 3.8) is 0 Å². The maximum Gasteiger partial charge on any atom is 0.354 e. The quantitative estimate of drug-likeness (QED) is 0.316. The Morgan fingerprint density at radius 3 is 2.53 bits per heavy atom. The van der Waals surface area contributed by atoms with Gasteiger partial charge in [0.1, 0.15) is 12.0 Å². The fourth-order valence-electron chi connectivity index (χ4n) is 2.81. The highest BCUT2D eigenvalue weighted by Gasteiger charge is 2.23. The van der Waals surface area contributed by atoms with Gasteiger partial charge in [0.05, 0.1) is 19.1 Å². The van der Waals surface area contributed by atoms with Gasteiger partial charge in [-0.15, -0.1) is 0 Å². The molecule has 166 valence electrons. The van der Waals surface area contributed by atoms with Crippen LogP contribution in [0.25, 0.3) is 0 Å². The van der Waals surface area contributed by atoms with Crippen molar-refractivity contribution in [1.29, 1.82) is 0 Å². The third-order valence-corrected chi connectivity index (χ3v) is 4.35. The minimum absolute atomic E-state index is 0.0139. The van der Waals surface area contributed by atoms with Crippen molar-refractivity contribution in [3.8, 4) is 11.5 Å². The molecule has 12 nitrogen and oxygen atoms in total. The van der Waals surface area contributed by atoms with E-state index in [-0.39, 0.29) is 17.3 Å². The summed E-state index contributed by atoms with van der Waals surface area (Å²) in [4.78, 5) is 34.9. The lowest BCUT2D eigenvalue weighted by Gasteiger charge is -2.12. The van der Waals surface area contributed by atoms with E-state index in [4.69, 9.17) is 9.47 Å². The first-order chi connectivity index (χ1) is 15.5. The third-order valence-electron chi connectivity index (χ3n) is 4.35. The molecule has 0 spiro atoms. The molecule has 3 aromatic rings. The second-order valence-corrected chi connectivity index (χ2v) is 6.34. The zero-order valence-corrected chi connectivity index (χ0v) is 17.4. The van der Waals surface area contributed by atoms with E-state index in [2.05, 4.69) is 31.1 Å². The molecule has 1 amide bonds. The lowest BCUT2D eigenvalue weighted by atomic mass is 10.1. The number of methoxy groups -OCH3 is 2. The Morgan fingerprint density at radius 2 is 1.84 bits per heavy atom. The number of hydrazine groups is 1. The Bertz CT molecular complexity index is 1090. The van der Waals surface area contributed by atoms with Crippen LogP contribution in [0, 0.1) is 10.1 Å². The highest BCUT2D eigenvalue weighted by molar-refractivity contribution is 5.93. The number of ether oxygens (including phenoxy) is 2. The van der Waals surface area contributed by atoms with E-state index in [9.17, 15) is 14.9 Å². The van der Waals surface area contributed by atoms with Gasteiger partial charge in [-0.25, -0.2) is 9.97 Å². The molecule has 0 saturated heterocycles. The van der Waals surface area contributed by atoms with E-state index < -0.39 is 16.5 Å². The second-order valence-electron chi connectivity index (χ2n) is 6.34. The van der Waals surface area contributed by atoms with Crippen LogP contribution in [0.2, 0.25) is 0 Å². The number of nitro groups is 1. The molecular formula is C20H21N7O5. The van der Waals surface area contributed by atoms with E-state index in [0.29, 0.717) is 24.5 Å². The molecule has 12 heteroatoms. The van der Waals surface area contributed by atoms with Crippen LogP contribution in [-0.2, 0) is 6.42 Å². The summed E-state index contributed by atoms with van der Waals surface area (Å²) < 4.78 is 10.5. The molecule has 0 aliphatic heterocycles. The van der Waals surface area contributed by atoms with Gasteiger partial charge in [0.25, 0.3) is 5.91 Å². The average Bonchev–Trinajstić information content (AvgIpc) is 2.82. The van der Waals surface area contributed by atoms with Crippen LogP contribution in [0.1, 0.15) is 16.1 Å². The Morgan fingerprint density at radius 1 is 1.06 bits per heavy atom. The molecule has 1 aromatic carbocycles. The number of rotatable bonds is 10. The van der Waals surface area contributed by atoms with Gasteiger partial charge in [-0.2, -0.15) is 0 Å². The number of aromatic nitrogens is 3. The molecule has 3 rings (SSSR count). The van der Waals surface area contributed by atoms with Crippen molar-refractivity contribution >= 4 is 23.2 Å². The Kier molecular flexibility index (Phi) is 7.30. The summed E-state index contributed by atoms with van der Waals surface area (Å²) >= 11 is 0. The number of hydrogen-bond donors (Lipinski definition) is 3. The second kappa shape index (κ2) is 10.5. The summed E-state index contributed by atoms with van der Waals surface area (Å²) in [6.45, 7) is 0.354. The normalized spacial score (nSPS) is 10.2. The van der Waals surface area contributed by atoms with Gasteiger partial charge < -0.3 is 14.8 Å².